The molecule has 0 saturated carbocycles. The van der Waals surface area contributed by atoms with Gasteiger partial charge in [-0.05, 0) is 43.7 Å². The van der Waals surface area contributed by atoms with E-state index in [1.54, 1.807) is 25.1 Å². The molecule has 4 N–H and O–H groups in total. The molecule has 0 spiro atoms. The van der Waals surface area contributed by atoms with E-state index in [0.29, 0.717) is 27.8 Å². The van der Waals surface area contributed by atoms with Crippen LogP contribution in [-0.4, -0.2) is 10.9 Å². The second-order valence-electron chi connectivity index (χ2n) is 4.46. The molecule has 0 atom stereocenters. The summed E-state index contributed by atoms with van der Waals surface area (Å²) in [7, 11) is 0. The number of pyridine rings is 1. The van der Waals surface area contributed by atoms with Crippen LogP contribution in [0.4, 0.5) is 11.5 Å². The standard InChI is InChI=1S/C14H15ClN4O/c1-8-3-4-11(15)12(5-8)18-14(20)10-6-9(2)17-13(7-10)19-16/h3-7H,16H2,1-2H3,(H,17,19)(H,18,20). The Kier molecular flexibility index (Phi) is 4.22. The topological polar surface area (TPSA) is 80.0 Å². The number of hydrogen-bond donors (Lipinski definition) is 3. The van der Waals surface area contributed by atoms with Gasteiger partial charge >= 0.3 is 0 Å². The Hall–Kier alpha value is -2.11. The SMILES string of the molecule is Cc1ccc(Cl)c(NC(=O)c2cc(C)nc(NN)c2)c1. The first-order chi connectivity index (χ1) is 9.49. The quantitative estimate of drug-likeness (QED) is 0.600. The molecular formula is C14H15ClN4O. The highest BCUT2D eigenvalue weighted by Gasteiger charge is 2.10. The molecule has 104 valence electrons. The van der Waals surface area contributed by atoms with Gasteiger partial charge in [-0.2, -0.15) is 0 Å². The molecule has 1 amide bonds. The van der Waals surface area contributed by atoms with Gasteiger partial charge in [-0.25, -0.2) is 10.8 Å². The Bertz CT molecular complexity index is 658. The van der Waals surface area contributed by atoms with E-state index < -0.39 is 0 Å². The lowest BCUT2D eigenvalue weighted by Gasteiger charge is -2.09. The Labute approximate surface area is 122 Å². The summed E-state index contributed by atoms with van der Waals surface area (Å²) in [6.45, 7) is 3.72. The molecule has 0 saturated heterocycles. The van der Waals surface area contributed by atoms with Crippen molar-refractivity contribution >= 4 is 29.0 Å². The number of halogens is 1. The van der Waals surface area contributed by atoms with Gasteiger partial charge < -0.3 is 10.7 Å². The number of hydrazine groups is 1. The first-order valence-electron chi connectivity index (χ1n) is 6.02. The zero-order valence-corrected chi connectivity index (χ0v) is 12.0. The number of aryl methyl sites for hydroxylation is 2. The molecule has 0 aliphatic carbocycles. The van der Waals surface area contributed by atoms with Crippen molar-refractivity contribution in [3.05, 3.63) is 52.2 Å². The smallest absolute Gasteiger partial charge is 0.255 e. The van der Waals surface area contributed by atoms with E-state index >= 15 is 0 Å². The van der Waals surface area contributed by atoms with Gasteiger partial charge in [-0.15, -0.1) is 0 Å². The summed E-state index contributed by atoms with van der Waals surface area (Å²) < 4.78 is 0. The molecule has 0 bridgehead atoms. The highest BCUT2D eigenvalue weighted by atomic mass is 35.5. The number of rotatable bonds is 3. The molecule has 2 rings (SSSR count). The zero-order chi connectivity index (χ0) is 14.7. The van der Waals surface area contributed by atoms with E-state index in [9.17, 15) is 4.79 Å². The summed E-state index contributed by atoms with van der Waals surface area (Å²) in [5, 5.41) is 3.27. The van der Waals surface area contributed by atoms with Gasteiger partial charge in [0.1, 0.15) is 5.82 Å². The van der Waals surface area contributed by atoms with E-state index in [4.69, 9.17) is 17.4 Å². The van der Waals surface area contributed by atoms with Gasteiger partial charge in [0.05, 0.1) is 10.7 Å². The van der Waals surface area contributed by atoms with Crippen LogP contribution in [0.1, 0.15) is 21.6 Å². The Morgan fingerprint density at radius 3 is 2.70 bits per heavy atom. The summed E-state index contributed by atoms with van der Waals surface area (Å²) in [6.07, 6.45) is 0. The average Bonchev–Trinajstić information content (AvgIpc) is 2.42. The molecule has 0 unspecified atom stereocenters. The Balaban J connectivity index is 2.28. The van der Waals surface area contributed by atoms with Crippen molar-refractivity contribution in [1.82, 2.24) is 4.98 Å². The third kappa shape index (κ3) is 3.26. The van der Waals surface area contributed by atoms with E-state index in [1.807, 2.05) is 19.1 Å². The van der Waals surface area contributed by atoms with Gasteiger partial charge in [0.15, 0.2) is 0 Å². The van der Waals surface area contributed by atoms with E-state index in [-0.39, 0.29) is 5.91 Å². The van der Waals surface area contributed by atoms with Crippen LogP contribution in [0.2, 0.25) is 5.02 Å². The second kappa shape index (κ2) is 5.90. The largest absolute Gasteiger partial charge is 0.321 e. The minimum atomic E-state index is -0.264. The number of nitrogens with two attached hydrogens (primary N) is 1. The summed E-state index contributed by atoms with van der Waals surface area (Å²) >= 11 is 6.06. The first kappa shape index (κ1) is 14.3. The molecule has 0 fully saturated rings. The predicted molar refractivity (Wildman–Crippen MR) is 80.9 cm³/mol. The Morgan fingerprint density at radius 2 is 2.00 bits per heavy atom. The van der Waals surface area contributed by atoms with Gasteiger partial charge in [0, 0.05) is 11.3 Å². The Morgan fingerprint density at radius 1 is 1.25 bits per heavy atom. The summed E-state index contributed by atoms with van der Waals surface area (Å²) in [6, 6.07) is 8.70. The van der Waals surface area contributed by atoms with Crippen LogP contribution < -0.4 is 16.6 Å². The van der Waals surface area contributed by atoms with Crippen LogP contribution in [0.5, 0.6) is 0 Å². The molecule has 0 aliphatic rings. The van der Waals surface area contributed by atoms with Crippen molar-refractivity contribution in [2.75, 3.05) is 10.7 Å². The first-order valence-corrected chi connectivity index (χ1v) is 6.40. The van der Waals surface area contributed by atoms with Crippen LogP contribution in [0, 0.1) is 13.8 Å². The van der Waals surface area contributed by atoms with Crippen LogP contribution >= 0.6 is 11.6 Å². The average molecular weight is 291 g/mol. The number of nitrogens with one attached hydrogen (secondary N) is 2. The molecule has 0 radical (unpaired) electrons. The number of hydrogen-bond acceptors (Lipinski definition) is 4. The van der Waals surface area contributed by atoms with Crippen LogP contribution in [0.3, 0.4) is 0 Å². The van der Waals surface area contributed by atoms with Gasteiger partial charge in [0.25, 0.3) is 5.91 Å². The number of carbonyl (C=O) groups is 1. The minimum absolute atomic E-state index is 0.264. The van der Waals surface area contributed by atoms with Crippen molar-refractivity contribution in [3.8, 4) is 0 Å². The van der Waals surface area contributed by atoms with Gasteiger partial charge in [-0.1, -0.05) is 17.7 Å². The maximum Gasteiger partial charge on any atom is 0.255 e. The molecule has 1 aromatic carbocycles. The van der Waals surface area contributed by atoms with Crippen LogP contribution in [0.15, 0.2) is 30.3 Å². The highest BCUT2D eigenvalue weighted by Crippen LogP contribution is 2.23. The van der Waals surface area contributed by atoms with Crippen LogP contribution in [-0.2, 0) is 0 Å². The molecular weight excluding hydrogens is 276 g/mol. The maximum atomic E-state index is 12.2. The van der Waals surface area contributed by atoms with Crippen molar-refractivity contribution in [2.45, 2.75) is 13.8 Å². The summed E-state index contributed by atoms with van der Waals surface area (Å²) in [5.41, 5.74) is 5.18. The van der Waals surface area contributed by atoms with Gasteiger partial charge in [-0.3, -0.25) is 4.79 Å². The number of anilines is 2. The normalized spacial score (nSPS) is 10.2. The fraction of sp³-hybridized carbons (Fsp3) is 0.143. The number of aromatic nitrogens is 1. The summed E-state index contributed by atoms with van der Waals surface area (Å²) in [4.78, 5) is 16.4. The molecule has 1 heterocycles. The number of benzene rings is 1. The lowest BCUT2D eigenvalue weighted by molar-refractivity contribution is 0.102. The monoisotopic (exact) mass is 290 g/mol. The van der Waals surface area contributed by atoms with Crippen molar-refractivity contribution in [2.24, 2.45) is 5.84 Å². The van der Waals surface area contributed by atoms with Crippen molar-refractivity contribution < 1.29 is 4.79 Å². The van der Waals surface area contributed by atoms with Crippen LogP contribution in [0.25, 0.3) is 0 Å². The molecule has 0 aliphatic heterocycles. The number of nitrogen functional groups attached to an aromatic ring is 1. The fourth-order valence-electron chi connectivity index (χ4n) is 1.80. The van der Waals surface area contributed by atoms with Gasteiger partial charge in [0.2, 0.25) is 0 Å². The van der Waals surface area contributed by atoms with Crippen molar-refractivity contribution in [1.29, 1.82) is 0 Å². The number of carbonyl (C=O) groups excluding carboxylic acids is 1. The predicted octanol–water partition coefficient (Wildman–Crippen LogP) is 2.89. The van der Waals surface area contributed by atoms with E-state index in [0.717, 1.165) is 5.56 Å². The van der Waals surface area contributed by atoms with Crippen molar-refractivity contribution in [3.63, 3.8) is 0 Å². The number of nitrogens with zero attached hydrogens (tertiary/aromatic N) is 1. The summed E-state index contributed by atoms with van der Waals surface area (Å²) in [5.74, 6) is 5.49. The molecule has 5 nitrogen and oxygen atoms in total. The zero-order valence-electron chi connectivity index (χ0n) is 11.2. The third-order valence-corrected chi connectivity index (χ3v) is 3.06. The molecule has 20 heavy (non-hydrogen) atoms. The highest BCUT2D eigenvalue weighted by molar-refractivity contribution is 6.34. The van der Waals surface area contributed by atoms with E-state index in [1.165, 1.54) is 0 Å². The minimum Gasteiger partial charge on any atom is -0.321 e. The maximum absolute atomic E-state index is 12.2. The van der Waals surface area contributed by atoms with E-state index in [2.05, 4.69) is 15.7 Å². The molecule has 2 aromatic rings. The second-order valence-corrected chi connectivity index (χ2v) is 4.87. The fourth-order valence-corrected chi connectivity index (χ4v) is 1.97. The molecule has 6 heteroatoms. The number of amides is 1. The lowest BCUT2D eigenvalue weighted by atomic mass is 10.2. The molecule has 1 aromatic heterocycles. The third-order valence-electron chi connectivity index (χ3n) is 2.73. The lowest BCUT2D eigenvalue weighted by Crippen LogP contribution is -2.15.